The molecule has 4 aromatic rings. The lowest BCUT2D eigenvalue weighted by molar-refractivity contribution is -0.147. The molecule has 0 radical (unpaired) electrons. The minimum atomic E-state index is -0.775. The molecule has 0 bridgehead atoms. The third-order valence-electron chi connectivity index (χ3n) is 5.46. The second kappa shape index (κ2) is 9.83. The van der Waals surface area contributed by atoms with Crippen LogP contribution in [0.2, 0.25) is 10.0 Å². The topological polar surface area (TPSA) is 83.3 Å². The van der Waals surface area contributed by atoms with Gasteiger partial charge in [-0.2, -0.15) is 0 Å². The van der Waals surface area contributed by atoms with Gasteiger partial charge in [0.25, 0.3) is 0 Å². The van der Waals surface area contributed by atoms with Gasteiger partial charge in [0.1, 0.15) is 11.3 Å². The van der Waals surface area contributed by atoms with Crippen LogP contribution in [0.25, 0.3) is 11.2 Å². The van der Waals surface area contributed by atoms with E-state index in [2.05, 4.69) is 9.97 Å². The van der Waals surface area contributed by atoms with Crippen molar-refractivity contribution in [2.75, 3.05) is 7.11 Å². The molecule has 0 aliphatic rings. The number of benzene rings is 2. The number of nitrogens with zero attached hydrogens (tertiary/aromatic N) is 3. The molecule has 4 rings (SSSR count). The van der Waals surface area contributed by atoms with Crippen LogP contribution in [-0.2, 0) is 16.1 Å². The quantitative estimate of drug-likeness (QED) is 0.255. The summed E-state index contributed by atoms with van der Waals surface area (Å²) in [6, 6.07) is 11.9. The van der Waals surface area contributed by atoms with Gasteiger partial charge in [-0.05, 0) is 61.9 Å². The Morgan fingerprint density at radius 3 is 2.47 bits per heavy atom. The Kier molecular flexibility index (Phi) is 6.86. The number of hydrogen-bond donors (Lipinski definition) is 0. The molecule has 0 amide bonds. The molecular formula is C25H21Cl2N3O4. The average molecular weight is 498 g/mol. The molecule has 2 aromatic heterocycles. The standard InChI is InChI=1S/C25H21Cl2N3O4/c1-14-21(23(31)16-4-6-18(26)7-5-16)22-24(29-11-10-28-22)30(14)13-17-12-19(8-9-20(17)27)34-15(2)25(32)33-3/h4-12,15H,13H2,1-3H3/t15-/m0/s1. The first-order valence-corrected chi connectivity index (χ1v) is 11.2. The molecule has 0 saturated carbocycles. The number of carbonyl (C=O) groups is 2. The Morgan fingerprint density at radius 2 is 1.76 bits per heavy atom. The number of rotatable bonds is 7. The van der Waals surface area contributed by atoms with Crippen molar-refractivity contribution >= 4 is 46.1 Å². The highest BCUT2D eigenvalue weighted by Gasteiger charge is 2.24. The second-order valence-electron chi connectivity index (χ2n) is 7.65. The molecule has 0 spiro atoms. The first-order chi connectivity index (χ1) is 16.3. The van der Waals surface area contributed by atoms with Gasteiger partial charge >= 0.3 is 5.97 Å². The van der Waals surface area contributed by atoms with Crippen molar-refractivity contribution in [3.8, 4) is 5.75 Å². The van der Waals surface area contributed by atoms with Crippen molar-refractivity contribution < 1.29 is 19.1 Å². The lowest BCUT2D eigenvalue weighted by Crippen LogP contribution is -2.24. The zero-order valence-corrected chi connectivity index (χ0v) is 20.2. The molecule has 0 saturated heterocycles. The number of halogens is 2. The summed E-state index contributed by atoms with van der Waals surface area (Å²) in [5.41, 5.74) is 3.46. The van der Waals surface area contributed by atoms with Gasteiger partial charge in [-0.1, -0.05) is 23.2 Å². The molecule has 0 N–H and O–H groups in total. The smallest absolute Gasteiger partial charge is 0.346 e. The Labute approximate surface area is 206 Å². The molecule has 2 heterocycles. The summed E-state index contributed by atoms with van der Waals surface area (Å²) in [6.07, 6.45) is 2.36. The van der Waals surface area contributed by atoms with Crippen molar-refractivity contribution in [3.05, 3.63) is 87.3 Å². The Morgan fingerprint density at radius 1 is 1.06 bits per heavy atom. The maximum Gasteiger partial charge on any atom is 0.346 e. The third kappa shape index (κ3) is 4.62. The summed E-state index contributed by atoms with van der Waals surface area (Å²) >= 11 is 12.5. The van der Waals surface area contributed by atoms with E-state index in [1.807, 2.05) is 11.5 Å². The van der Waals surface area contributed by atoms with Crippen LogP contribution in [0.15, 0.2) is 54.9 Å². The lowest BCUT2D eigenvalue weighted by atomic mass is 10.0. The summed E-state index contributed by atoms with van der Waals surface area (Å²) in [4.78, 5) is 34.0. The number of ketones is 1. The van der Waals surface area contributed by atoms with E-state index in [0.29, 0.717) is 50.3 Å². The Hall–Kier alpha value is -3.42. The highest BCUT2D eigenvalue weighted by atomic mass is 35.5. The predicted molar refractivity (Wildman–Crippen MR) is 130 cm³/mol. The number of ether oxygens (including phenoxy) is 2. The van der Waals surface area contributed by atoms with E-state index >= 15 is 0 Å². The molecule has 2 aromatic carbocycles. The number of methoxy groups -OCH3 is 1. The number of esters is 1. The first-order valence-electron chi connectivity index (χ1n) is 10.4. The third-order valence-corrected chi connectivity index (χ3v) is 6.08. The predicted octanol–water partition coefficient (Wildman–Crippen LogP) is 5.27. The SMILES string of the molecule is COC(=O)[C@H](C)Oc1ccc(Cl)c(Cn2c(C)c(C(=O)c3ccc(Cl)cc3)c3nccnc32)c1. The van der Waals surface area contributed by atoms with Crippen molar-refractivity contribution in [2.45, 2.75) is 26.5 Å². The number of carbonyl (C=O) groups excluding carboxylic acids is 2. The lowest BCUT2D eigenvalue weighted by Gasteiger charge is -2.15. The largest absolute Gasteiger partial charge is 0.479 e. The van der Waals surface area contributed by atoms with Gasteiger partial charge in [0.15, 0.2) is 17.5 Å². The molecule has 34 heavy (non-hydrogen) atoms. The van der Waals surface area contributed by atoms with E-state index < -0.39 is 12.1 Å². The minimum Gasteiger partial charge on any atom is -0.479 e. The van der Waals surface area contributed by atoms with Crippen LogP contribution >= 0.6 is 23.2 Å². The summed E-state index contributed by atoms with van der Waals surface area (Å²) < 4.78 is 12.3. The van der Waals surface area contributed by atoms with Gasteiger partial charge in [-0.15, -0.1) is 0 Å². The van der Waals surface area contributed by atoms with Gasteiger partial charge in [0.05, 0.1) is 19.2 Å². The number of hydrogen-bond acceptors (Lipinski definition) is 6. The highest BCUT2D eigenvalue weighted by molar-refractivity contribution is 6.31. The fraction of sp³-hybridized carbons (Fsp3) is 0.200. The Bertz CT molecular complexity index is 1380. The highest BCUT2D eigenvalue weighted by Crippen LogP contribution is 2.29. The van der Waals surface area contributed by atoms with Crippen molar-refractivity contribution in [3.63, 3.8) is 0 Å². The maximum absolute atomic E-state index is 13.4. The first kappa shape index (κ1) is 23.7. The van der Waals surface area contributed by atoms with E-state index in [1.54, 1.807) is 61.8 Å². The molecular weight excluding hydrogens is 477 g/mol. The average Bonchev–Trinajstić information content (AvgIpc) is 3.11. The van der Waals surface area contributed by atoms with Crippen LogP contribution in [0, 0.1) is 6.92 Å². The number of aromatic nitrogens is 3. The Balaban J connectivity index is 1.74. The molecule has 7 nitrogen and oxygen atoms in total. The van der Waals surface area contributed by atoms with Crippen LogP contribution in [0.3, 0.4) is 0 Å². The van der Waals surface area contributed by atoms with E-state index in [0.717, 1.165) is 5.56 Å². The van der Waals surface area contributed by atoms with Gasteiger partial charge in [0, 0.05) is 33.7 Å². The van der Waals surface area contributed by atoms with Gasteiger partial charge in [-0.3, -0.25) is 9.78 Å². The van der Waals surface area contributed by atoms with Crippen molar-refractivity contribution in [1.29, 1.82) is 0 Å². The van der Waals surface area contributed by atoms with Crippen LogP contribution in [-0.4, -0.2) is 39.5 Å². The zero-order chi connectivity index (χ0) is 24.4. The van der Waals surface area contributed by atoms with Crippen LogP contribution < -0.4 is 4.74 Å². The van der Waals surface area contributed by atoms with Gasteiger partial charge < -0.3 is 14.0 Å². The fourth-order valence-electron chi connectivity index (χ4n) is 3.71. The van der Waals surface area contributed by atoms with Crippen molar-refractivity contribution in [2.24, 2.45) is 0 Å². The van der Waals surface area contributed by atoms with Crippen LogP contribution in [0.4, 0.5) is 0 Å². The summed E-state index contributed by atoms with van der Waals surface area (Å²) in [6.45, 7) is 3.77. The molecule has 0 aliphatic carbocycles. The van der Waals surface area contributed by atoms with E-state index in [1.165, 1.54) is 7.11 Å². The van der Waals surface area contributed by atoms with Crippen molar-refractivity contribution in [1.82, 2.24) is 14.5 Å². The molecule has 0 fully saturated rings. The molecule has 0 unspecified atom stereocenters. The molecule has 0 aliphatic heterocycles. The minimum absolute atomic E-state index is 0.173. The summed E-state index contributed by atoms with van der Waals surface area (Å²) in [5, 5.41) is 1.06. The van der Waals surface area contributed by atoms with E-state index in [4.69, 9.17) is 32.7 Å². The number of fused-ring (bicyclic) bond motifs is 1. The fourth-order valence-corrected chi connectivity index (χ4v) is 4.02. The zero-order valence-electron chi connectivity index (χ0n) is 18.7. The van der Waals surface area contributed by atoms with Gasteiger partial charge in [0.2, 0.25) is 0 Å². The molecule has 1 atom stereocenters. The van der Waals surface area contributed by atoms with Crippen LogP contribution in [0.1, 0.15) is 34.1 Å². The maximum atomic E-state index is 13.4. The summed E-state index contributed by atoms with van der Waals surface area (Å²) in [7, 11) is 1.30. The normalized spacial score (nSPS) is 11.9. The van der Waals surface area contributed by atoms with E-state index in [-0.39, 0.29) is 5.78 Å². The monoisotopic (exact) mass is 497 g/mol. The molecule has 174 valence electrons. The molecule has 9 heteroatoms. The van der Waals surface area contributed by atoms with Gasteiger partial charge in [-0.25, -0.2) is 9.78 Å². The van der Waals surface area contributed by atoms with E-state index in [9.17, 15) is 9.59 Å². The second-order valence-corrected chi connectivity index (χ2v) is 8.49. The summed E-state index contributed by atoms with van der Waals surface area (Å²) in [5.74, 6) is -0.187. The van der Waals surface area contributed by atoms with Crippen LogP contribution in [0.5, 0.6) is 5.75 Å².